The van der Waals surface area contributed by atoms with Gasteiger partial charge in [-0.25, -0.2) is 0 Å². The summed E-state index contributed by atoms with van der Waals surface area (Å²) in [5.74, 6) is -0.0729. The summed E-state index contributed by atoms with van der Waals surface area (Å²) in [6.45, 7) is 5.50. The fourth-order valence-electron chi connectivity index (χ4n) is 1.70. The third-order valence-corrected chi connectivity index (χ3v) is 2.67. The van der Waals surface area contributed by atoms with Gasteiger partial charge in [-0.2, -0.15) is 0 Å². The summed E-state index contributed by atoms with van der Waals surface area (Å²) in [7, 11) is 1.37. The maximum absolute atomic E-state index is 11.5. The highest BCUT2D eigenvalue weighted by Crippen LogP contribution is 2.19. The first-order valence-electron chi connectivity index (χ1n) is 5.52. The maximum atomic E-state index is 11.5. The first kappa shape index (κ1) is 13.5. The van der Waals surface area contributed by atoms with Crippen LogP contribution in [0.15, 0.2) is 24.3 Å². The summed E-state index contributed by atoms with van der Waals surface area (Å²) < 4.78 is 4.73. The Morgan fingerprint density at radius 3 is 2.35 bits per heavy atom. The summed E-state index contributed by atoms with van der Waals surface area (Å²) >= 11 is 0. The van der Waals surface area contributed by atoms with Gasteiger partial charge in [0.25, 0.3) is 0 Å². The van der Waals surface area contributed by atoms with Gasteiger partial charge in [-0.05, 0) is 38.5 Å². The lowest BCUT2D eigenvalue weighted by Gasteiger charge is -2.27. The molecule has 1 unspecified atom stereocenters. The van der Waals surface area contributed by atoms with Gasteiger partial charge >= 0.3 is 5.97 Å². The molecule has 0 saturated carbocycles. The van der Waals surface area contributed by atoms with E-state index < -0.39 is 5.54 Å². The second-order valence-electron chi connectivity index (χ2n) is 4.57. The normalized spacial score (nSPS) is 13.2. The van der Waals surface area contributed by atoms with Crippen LogP contribution in [0.5, 0.6) is 5.75 Å². The van der Waals surface area contributed by atoms with Crippen molar-refractivity contribution in [1.29, 1.82) is 0 Å². The Hall–Kier alpha value is -1.55. The molecular formula is C13H19NO3. The number of carbonyl (C=O) groups excluding carboxylic acids is 1. The molecule has 0 heterocycles. The SMILES string of the molecule is COC(=O)C(C)(C)NC(C)c1ccc(O)cc1. The number of nitrogens with one attached hydrogen (secondary N) is 1. The number of phenolic OH excluding ortho intramolecular Hbond substituents is 1. The lowest BCUT2D eigenvalue weighted by molar-refractivity contribution is -0.147. The lowest BCUT2D eigenvalue weighted by Crippen LogP contribution is -2.48. The third kappa shape index (κ3) is 3.46. The van der Waals surface area contributed by atoms with Crippen LogP contribution in [0.2, 0.25) is 0 Å². The fraction of sp³-hybridized carbons (Fsp3) is 0.462. The zero-order valence-corrected chi connectivity index (χ0v) is 10.7. The molecule has 0 radical (unpaired) electrons. The van der Waals surface area contributed by atoms with Crippen molar-refractivity contribution in [2.75, 3.05) is 7.11 Å². The molecule has 0 bridgehead atoms. The number of rotatable bonds is 4. The van der Waals surface area contributed by atoms with Crippen LogP contribution >= 0.6 is 0 Å². The Bertz CT molecular complexity index is 384. The van der Waals surface area contributed by atoms with Crippen LogP contribution in [-0.4, -0.2) is 23.7 Å². The van der Waals surface area contributed by atoms with E-state index in [2.05, 4.69) is 5.32 Å². The van der Waals surface area contributed by atoms with Gasteiger partial charge in [-0.1, -0.05) is 12.1 Å². The minimum absolute atomic E-state index is 0.00954. The molecule has 0 saturated heterocycles. The molecule has 0 aromatic heterocycles. The number of hydrogen-bond acceptors (Lipinski definition) is 4. The molecule has 17 heavy (non-hydrogen) atoms. The van der Waals surface area contributed by atoms with Crippen molar-refractivity contribution < 1.29 is 14.6 Å². The fourth-order valence-corrected chi connectivity index (χ4v) is 1.70. The highest BCUT2D eigenvalue weighted by molar-refractivity contribution is 5.79. The van der Waals surface area contributed by atoms with Crippen molar-refractivity contribution >= 4 is 5.97 Å². The predicted molar refractivity (Wildman–Crippen MR) is 65.8 cm³/mol. The number of phenols is 1. The van der Waals surface area contributed by atoms with Crippen LogP contribution < -0.4 is 5.32 Å². The molecular weight excluding hydrogens is 218 g/mol. The number of esters is 1. The average molecular weight is 237 g/mol. The van der Waals surface area contributed by atoms with Gasteiger partial charge in [0.2, 0.25) is 0 Å². The van der Waals surface area contributed by atoms with Crippen LogP contribution in [-0.2, 0) is 9.53 Å². The van der Waals surface area contributed by atoms with Gasteiger partial charge in [-0.15, -0.1) is 0 Å². The van der Waals surface area contributed by atoms with Gasteiger partial charge in [0.15, 0.2) is 0 Å². The van der Waals surface area contributed by atoms with E-state index in [0.717, 1.165) is 5.56 Å². The number of ether oxygens (including phenoxy) is 1. The molecule has 1 aromatic carbocycles. The van der Waals surface area contributed by atoms with E-state index in [1.807, 2.05) is 19.1 Å². The molecule has 0 aliphatic heterocycles. The summed E-state index contributed by atoms with van der Waals surface area (Å²) in [5, 5.41) is 12.4. The first-order chi connectivity index (χ1) is 7.86. The summed E-state index contributed by atoms with van der Waals surface area (Å²) in [6, 6.07) is 6.88. The molecule has 0 aliphatic carbocycles. The Morgan fingerprint density at radius 2 is 1.88 bits per heavy atom. The van der Waals surface area contributed by atoms with Gasteiger partial charge in [-0.3, -0.25) is 10.1 Å². The molecule has 2 N–H and O–H groups in total. The third-order valence-electron chi connectivity index (χ3n) is 2.67. The summed E-state index contributed by atoms with van der Waals surface area (Å²) in [6.07, 6.45) is 0. The van der Waals surface area contributed by atoms with E-state index in [1.165, 1.54) is 7.11 Å². The van der Waals surface area contributed by atoms with Crippen LogP contribution in [0.3, 0.4) is 0 Å². The van der Waals surface area contributed by atoms with Gasteiger partial charge < -0.3 is 9.84 Å². The van der Waals surface area contributed by atoms with E-state index in [4.69, 9.17) is 4.74 Å². The quantitative estimate of drug-likeness (QED) is 0.786. The number of aromatic hydroxyl groups is 1. The maximum Gasteiger partial charge on any atom is 0.325 e. The smallest absolute Gasteiger partial charge is 0.325 e. The summed E-state index contributed by atoms with van der Waals surface area (Å²) in [5.41, 5.74) is 0.256. The number of hydrogen-bond donors (Lipinski definition) is 2. The summed E-state index contributed by atoms with van der Waals surface area (Å²) in [4.78, 5) is 11.5. The van der Waals surface area contributed by atoms with Gasteiger partial charge in [0, 0.05) is 6.04 Å². The Balaban J connectivity index is 2.75. The number of methoxy groups -OCH3 is 1. The monoisotopic (exact) mass is 237 g/mol. The van der Waals surface area contributed by atoms with Crippen LogP contribution in [0, 0.1) is 0 Å². The van der Waals surface area contributed by atoms with Crippen molar-refractivity contribution in [1.82, 2.24) is 5.32 Å². The second kappa shape index (κ2) is 5.19. The molecule has 0 spiro atoms. The molecule has 1 aromatic rings. The highest BCUT2D eigenvalue weighted by atomic mass is 16.5. The van der Waals surface area contributed by atoms with Crippen LogP contribution in [0.25, 0.3) is 0 Å². The van der Waals surface area contributed by atoms with E-state index in [1.54, 1.807) is 26.0 Å². The predicted octanol–water partition coefficient (Wildman–Crippen LogP) is 1.99. The second-order valence-corrected chi connectivity index (χ2v) is 4.57. The number of carbonyl (C=O) groups is 1. The number of benzene rings is 1. The minimum atomic E-state index is -0.744. The van der Waals surface area contributed by atoms with Crippen molar-refractivity contribution in [3.05, 3.63) is 29.8 Å². The Kier molecular flexibility index (Phi) is 4.12. The molecule has 4 heteroatoms. The van der Waals surface area contributed by atoms with Gasteiger partial charge in [0.05, 0.1) is 7.11 Å². The average Bonchev–Trinajstić information content (AvgIpc) is 2.28. The van der Waals surface area contributed by atoms with Crippen LogP contribution in [0.4, 0.5) is 0 Å². The topological polar surface area (TPSA) is 58.6 Å². The van der Waals surface area contributed by atoms with E-state index >= 15 is 0 Å². The Labute approximate surface area is 102 Å². The molecule has 0 fully saturated rings. The molecule has 1 atom stereocenters. The molecule has 1 rings (SSSR count). The highest BCUT2D eigenvalue weighted by Gasteiger charge is 2.30. The van der Waals surface area contributed by atoms with Crippen molar-refractivity contribution in [2.24, 2.45) is 0 Å². The zero-order chi connectivity index (χ0) is 13.1. The molecule has 0 amide bonds. The van der Waals surface area contributed by atoms with Gasteiger partial charge in [0.1, 0.15) is 11.3 Å². The van der Waals surface area contributed by atoms with E-state index in [0.29, 0.717) is 0 Å². The van der Waals surface area contributed by atoms with E-state index in [9.17, 15) is 9.90 Å². The van der Waals surface area contributed by atoms with E-state index in [-0.39, 0.29) is 17.8 Å². The first-order valence-corrected chi connectivity index (χ1v) is 5.52. The standard InChI is InChI=1S/C13H19NO3/c1-9(10-5-7-11(15)8-6-10)14-13(2,3)12(16)17-4/h5-9,14-15H,1-4H3. The Morgan fingerprint density at radius 1 is 1.35 bits per heavy atom. The molecule has 94 valence electrons. The van der Waals surface area contributed by atoms with Crippen molar-refractivity contribution in [3.8, 4) is 5.75 Å². The minimum Gasteiger partial charge on any atom is -0.508 e. The molecule has 4 nitrogen and oxygen atoms in total. The largest absolute Gasteiger partial charge is 0.508 e. The van der Waals surface area contributed by atoms with Crippen molar-refractivity contribution in [2.45, 2.75) is 32.4 Å². The molecule has 0 aliphatic rings. The zero-order valence-electron chi connectivity index (χ0n) is 10.7. The lowest BCUT2D eigenvalue weighted by atomic mass is 10.0. The van der Waals surface area contributed by atoms with Crippen LogP contribution in [0.1, 0.15) is 32.4 Å². The van der Waals surface area contributed by atoms with Crippen molar-refractivity contribution in [3.63, 3.8) is 0 Å².